The van der Waals surface area contributed by atoms with E-state index in [-0.39, 0.29) is 11.9 Å². The SMILES string of the molecule is O=C(CBr)N[C@@H](c1ccccc1)C1CC1. The normalized spacial score (nSPS) is 17.1. The lowest BCUT2D eigenvalue weighted by atomic mass is 10.0. The monoisotopic (exact) mass is 267 g/mol. The maximum Gasteiger partial charge on any atom is 0.231 e. The van der Waals surface area contributed by atoms with Gasteiger partial charge in [0.1, 0.15) is 0 Å². The largest absolute Gasteiger partial charge is 0.348 e. The molecule has 0 saturated heterocycles. The average Bonchev–Trinajstić information content (AvgIpc) is 3.10. The Bertz CT molecular complexity index is 335. The summed E-state index contributed by atoms with van der Waals surface area (Å²) < 4.78 is 0. The van der Waals surface area contributed by atoms with Crippen LogP contribution in [0.4, 0.5) is 0 Å². The molecule has 0 aromatic heterocycles. The minimum Gasteiger partial charge on any atom is -0.348 e. The number of amides is 1. The molecule has 0 aliphatic heterocycles. The maximum absolute atomic E-state index is 11.4. The van der Waals surface area contributed by atoms with Gasteiger partial charge in [-0.2, -0.15) is 0 Å². The summed E-state index contributed by atoms with van der Waals surface area (Å²) in [5, 5.41) is 3.44. The van der Waals surface area contributed by atoms with Crippen LogP contribution >= 0.6 is 15.9 Å². The van der Waals surface area contributed by atoms with Gasteiger partial charge in [-0.1, -0.05) is 46.3 Å². The van der Waals surface area contributed by atoms with Crippen molar-refractivity contribution in [3.63, 3.8) is 0 Å². The standard InChI is InChI=1S/C12H14BrNO/c13-8-11(15)14-12(10-6-7-10)9-4-2-1-3-5-9/h1-5,10,12H,6-8H2,(H,14,15)/t12-/m0/s1. The molecular formula is C12H14BrNO. The van der Waals surface area contributed by atoms with Gasteiger partial charge in [0.2, 0.25) is 5.91 Å². The zero-order valence-corrected chi connectivity index (χ0v) is 10.0. The van der Waals surface area contributed by atoms with E-state index in [9.17, 15) is 4.79 Å². The first-order chi connectivity index (χ1) is 7.31. The molecule has 1 N–H and O–H groups in total. The number of nitrogens with one attached hydrogen (secondary N) is 1. The zero-order valence-electron chi connectivity index (χ0n) is 8.45. The number of carbonyl (C=O) groups excluding carboxylic acids is 1. The second-order valence-corrected chi connectivity index (χ2v) is 4.49. The molecule has 0 spiro atoms. The number of benzene rings is 1. The zero-order chi connectivity index (χ0) is 10.7. The molecule has 1 aromatic rings. The first kappa shape index (κ1) is 10.7. The highest BCUT2D eigenvalue weighted by molar-refractivity contribution is 9.09. The Morgan fingerprint density at radius 2 is 2.07 bits per heavy atom. The summed E-state index contributed by atoms with van der Waals surface area (Å²) in [6.45, 7) is 0. The van der Waals surface area contributed by atoms with Gasteiger partial charge in [0.25, 0.3) is 0 Å². The number of alkyl halides is 1. The molecule has 1 saturated carbocycles. The molecule has 2 rings (SSSR count). The summed E-state index contributed by atoms with van der Waals surface area (Å²) in [7, 11) is 0. The van der Waals surface area contributed by atoms with Crippen molar-refractivity contribution in [1.82, 2.24) is 5.32 Å². The fraction of sp³-hybridized carbons (Fsp3) is 0.417. The number of hydrogen-bond donors (Lipinski definition) is 1. The van der Waals surface area contributed by atoms with E-state index >= 15 is 0 Å². The Labute approximate surface area is 98.2 Å². The van der Waals surface area contributed by atoms with Gasteiger partial charge in [0.05, 0.1) is 11.4 Å². The molecular weight excluding hydrogens is 254 g/mol. The third kappa shape index (κ3) is 2.81. The molecule has 2 nitrogen and oxygen atoms in total. The Hall–Kier alpha value is -0.830. The molecule has 0 radical (unpaired) electrons. The van der Waals surface area contributed by atoms with Crippen LogP contribution < -0.4 is 5.32 Å². The maximum atomic E-state index is 11.4. The Morgan fingerprint density at radius 3 is 2.60 bits per heavy atom. The highest BCUT2D eigenvalue weighted by Gasteiger charge is 2.32. The van der Waals surface area contributed by atoms with Crippen LogP contribution in [0.1, 0.15) is 24.4 Å². The lowest BCUT2D eigenvalue weighted by molar-refractivity contribution is -0.119. The Balaban J connectivity index is 2.10. The van der Waals surface area contributed by atoms with Crippen LogP contribution in [0.2, 0.25) is 0 Å². The molecule has 3 heteroatoms. The Kier molecular flexibility index (Phi) is 3.41. The molecule has 1 aliphatic rings. The van der Waals surface area contributed by atoms with Crippen LogP contribution in [0, 0.1) is 5.92 Å². The van der Waals surface area contributed by atoms with Crippen molar-refractivity contribution in [2.75, 3.05) is 5.33 Å². The molecule has 1 atom stereocenters. The quantitative estimate of drug-likeness (QED) is 0.836. The van der Waals surface area contributed by atoms with Crippen molar-refractivity contribution >= 4 is 21.8 Å². The van der Waals surface area contributed by atoms with Gasteiger partial charge in [0, 0.05) is 0 Å². The van der Waals surface area contributed by atoms with Crippen molar-refractivity contribution in [3.05, 3.63) is 35.9 Å². The van der Waals surface area contributed by atoms with Crippen LogP contribution in [0.3, 0.4) is 0 Å². The van der Waals surface area contributed by atoms with Crippen molar-refractivity contribution in [1.29, 1.82) is 0 Å². The molecule has 80 valence electrons. The highest BCUT2D eigenvalue weighted by Crippen LogP contribution is 2.40. The van der Waals surface area contributed by atoms with Crippen LogP contribution in [0.5, 0.6) is 0 Å². The van der Waals surface area contributed by atoms with Crippen LogP contribution in [0.25, 0.3) is 0 Å². The lowest BCUT2D eigenvalue weighted by Crippen LogP contribution is -2.30. The summed E-state index contributed by atoms with van der Waals surface area (Å²) in [4.78, 5) is 11.4. The third-order valence-electron chi connectivity index (χ3n) is 2.69. The Morgan fingerprint density at radius 1 is 1.40 bits per heavy atom. The minimum absolute atomic E-state index is 0.0655. The van der Waals surface area contributed by atoms with Crippen LogP contribution in [-0.4, -0.2) is 11.2 Å². The number of carbonyl (C=O) groups is 1. The lowest BCUT2D eigenvalue weighted by Gasteiger charge is -2.18. The van der Waals surface area contributed by atoms with Crippen LogP contribution in [0.15, 0.2) is 30.3 Å². The number of halogens is 1. The van der Waals surface area contributed by atoms with Gasteiger partial charge in [0.15, 0.2) is 0 Å². The van der Waals surface area contributed by atoms with Gasteiger partial charge in [-0.15, -0.1) is 0 Å². The molecule has 1 aromatic carbocycles. The molecule has 1 fully saturated rings. The van der Waals surface area contributed by atoms with Crippen LogP contribution in [-0.2, 0) is 4.79 Å². The van der Waals surface area contributed by atoms with Gasteiger partial charge in [-0.25, -0.2) is 0 Å². The van der Waals surface area contributed by atoms with E-state index in [2.05, 4.69) is 33.4 Å². The molecule has 1 aliphatic carbocycles. The molecule has 0 heterocycles. The second-order valence-electron chi connectivity index (χ2n) is 3.93. The first-order valence-corrected chi connectivity index (χ1v) is 6.33. The summed E-state index contributed by atoms with van der Waals surface area (Å²) in [6, 6.07) is 10.4. The van der Waals surface area contributed by atoms with E-state index in [1.807, 2.05) is 18.2 Å². The topological polar surface area (TPSA) is 29.1 Å². The van der Waals surface area contributed by atoms with E-state index < -0.39 is 0 Å². The predicted molar refractivity (Wildman–Crippen MR) is 63.8 cm³/mol. The predicted octanol–water partition coefficient (Wildman–Crippen LogP) is 2.65. The first-order valence-electron chi connectivity index (χ1n) is 5.21. The van der Waals surface area contributed by atoms with E-state index in [1.54, 1.807) is 0 Å². The minimum atomic E-state index is 0.0655. The highest BCUT2D eigenvalue weighted by atomic mass is 79.9. The van der Waals surface area contributed by atoms with E-state index in [0.29, 0.717) is 11.2 Å². The third-order valence-corrected chi connectivity index (χ3v) is 3.20. The van der Waals surface area contributed by atoms with E-state index in [4.69, 9.17) is 0 Å². The van der Waals surface area contributed by atoms with E-state index in [0.717, 1.165) is 0 Å². The summed E-state index contributed by atoms with van der Waals surface area (Å²) in [6.07, 6.45) is 2.45. The number of rotatable bonds is 4. The molecule has 0 unspecified atom stereocenters. The van der Waals surface area contributed by atoms with Crippen molar-refractivity contribution in [2.45, 2.75) is 18.9 Å². The van der Waals surface area contributed by atoms with Gasteiger partial charge >= 0.3 is 0 Å². The molecule has 1 amide bonds. The number of hydrogen-bond acceptors (Lipinski definition) is 1. The summed E-state index contributed by atoms with van der Waals surface area (Å²) >= 11 is 3.17. The fourth-order valence-electron chi connectivity index (χ4n) is 1.78. The van der Waals surface area contributed by atoms with Gasteiger partial charge < -0.3 is 5.32 Å². The molecule has 15 heavy (non-hydrogen) atoms. The molecule has 0 bridgehead atoms. The second kappa shape index (κ2) is 4.79. The van der Waals surface area contributed by atoms with Crippen molar-refractivity contribution < 1.29 is 4.79 Å². The summed E-state index contributed by atoms with van der Waals surface area (Å²) in [5.41, 5.74) is 1.22. The van der Waals surface area contributed by atoms with Gasteiger partial charge in [-0.3, -0.25) is 4.79 Å². The van der Waals surface area contributed by atoms with Crippen molar-refractivity contribution in [2.24, 2.45) is 5.92 Å². The smallest absolute Gasteiger partial charge is 0.231 e. The van der Waals surface area contributed by atoms with Gasteiger partial charge in [-0.05, 0) is 24.3 Å². The van der Waals surface area contributed by atoms with E-state index in [1.165, 1.54) is 18.4 Å². The average molecular weight is 268 g/mol. The summed E-state index contributed by atoms with van der Waals surface area (Å²) in [5.74, 6) is 0.700. The van der Waals surface area contributed by atoms with Crippen molar-refractivity contribution in [3.8, 4) is 0 Å². The fourth-order valence-corrected chi connectivity index (χ4v) is 1.94.